The first-order valence-corrected chi connectivity index (χ1v) is 7.24. The van der Waals surface area contributed by atoms with E-state index in [0.29, 0.717) is 24.0 Å². The molecule has 0 aromatic heterocycles. The fourth-order valence-corrected chi connectivity index (χ4v) is 1.84. The van der Waals surface area contributed by atoms with Crippen LogP contribution in [0.3, 0.4) is 0 Å². The quantitative estimate of drug-likeness (QED) is 0.766. The number of benzene rings is 1. The minimum Gasteiger partial charge on any atom is -0.493 e. The number of rotatable bonds is 8. The third kappa shape index (κ3) is 6.49. The van der Waals surface area contributed by atoms with E-state index >= 15 is 0 Å². The van der Waals surface area contributed by atoms with Crippen molar-refractivity contribution in [3.8, 4) is 11.5 Å². The molecular weight excluding hydrogens is 268 g/mol. The van der Waals surface area contributed by atoms with Gasteiger partial charge in [0.2, 0.25) is 0 Å². The van der Waals surface area contributed by atoms with Gasteiger partial charge in [0.1, 0.15) is 0 Å². The Labute approximate surface area is 126 Å². The molecule has 0 radical (unpaired) electrons. The van der Waals surface area contributed by atoms with E-state index < -0.39 is 0 Å². The number of hydrogen-bond acceptors (Lipinski definition) is 4. The Kier molecular flexibility index (Phi) is 7.02. The lowest BCUT2D eigenvalue weighted by atomic mass is 10.1. The van der Waals surface area contributed by atoms with Crippen molar-refractivity contribution in [1.82, 2.24) is 5.32 Å². The molecule has 0 heterocycles. The topological polar surface area (TPSA) is 73.6 Å². The summed E-state index contributed by atoms with van der Waals surface area (Å²) in [4.78, 5) is 11.6. The molecule has 0 saturated carbocycles. The Balaban J connectivity index is 2.60. The maximum absolute atomic E-state index is 11.6. The molecule has 1 amide bonds. The Bertz CT molecular complexity index is 459. The van der Waals surface area contributed by atoms with Crippen LogP contribution in [-0.4, -0.2) is 32.2 Å². The summed E-state index contributed by atoms with van der Waals surface area (Å²) in [5.41, 5.74) is 6.87. The summed E-state index contributed by atoms with van der Waals surface area (Å²) >= 11 is 0. The molecule has 0 aliphatic heterocycles. The summed E-state index contributed by atoms with van der Waals surface area (Å²) in [7, 11) is 1.58. The Morgan fingerprint density at radius 3 is 2.57 bits per heavy atom. The minimum absolute atomic E-state index is 0.0181. The van der Waals surface area contributed by atoms with Gasteiger partial charge in [-0.1, -0.05) is 19.9 Å². The number of ether oxygens (including phenoxy) is 2. The van der Waals surface area contributed by atoms with Gasteiger partial charge in [0.25, 0.3) is 5.91 Å². The van der Waals surface area contributed by atoms with Crippen molar-refractivity contribution in [2.45, 2.75) is 33.2 Å². The first kappa shape index (κ1) is 17.3. The molecule has 0 bridgehead atoms. The number of hydrogen-bond donors (Lipinski definition) is 2. The molecule has 5 heteroatoms. The molecule has 0 fully saturated rings. The Morgan fingerprint density at radius 2 is 2.00 bits per heavy atom. The molecule has 0 aliphatic carbocycles. The number of carbonyl (C=O) groups excluding carboxylic acids is 1. The predicted molar refractivity (Wildman–Crippen MR) is 83.7 cm³/mol. The summed E-state index contributed by atoms with van der Waals surface area (Å²) in [5, 5.41) is 2.81. The molecule has 1 aromatic carbocycles. The number of nitrogens with one attached hydrogen (secondary N) is 1. The Hall–Kier alpha value is -1.75. The molecule has 3 N–H and O–H groups in total. The van der Waals surface area contributed by atoms with Crippen LogP contribution in [0.1, 0.15) is 26.3 Å². The second kappa shape index (κ2) is 8.52. The summed E-state index contributed by atoms with van der Waals surface area (Å²) in [6, 6.07) is 5.73. The van der Waals surface area contributed by atoms with Crippen molar-refractivity contribution in [3.63, 3.8) is 0 Å². The van der Waals surface area contributed by atoms with Crippen LogP contribution < -0.4 is 20.5 Å². The molecule has 0 saturated heterocycles. The van der Waals surface area contributed by atoms with Gasteiger partial charge in [-0.3, -0.25) is 4.79 Å². The van der Waals surface area contributed by atoms with Crippen LogP contribution in [0.15, 0.2) is 18.2 Å². The van der Waals surface area contributed by atoms with Crippen molar-refractivity contribution in [1.29, 1.82) is 0 Å². The summed E-state index contributed by atoms with van der Waals surface area (Å²) < 4.78 is 10.8. The molecule has 5 nitrogen and oxygen atoms in total. The predicted octanol–water partition coefficient (Wildman–Crippen LogP) is 1.74. The molecule has 0 aliphatic rings. The first-order valence-electron chi connectivity index (χ1n) is 7.24. The molecular formula is C16H26N2O3. The first-order chi connectivity index (χ1) is 9.92. The summed E-state index contributed by atoms with van der Waals surface area (Å²) in [6.07, 6.45) is 0.769. The second-order valence-corrected chi connectivity index (χ2v) is 5.65. The number of nitrogens with two attached hydrogens (primary N) is 1. The molecule has 1 rings (SSSR count). The molecule has 1 aromatic rings. The van der Waals surface area contributed by atoms with Crippen molar-refractivity contribution in [3.05, 3.63) is 23.8 Å². The van der Waals surface area contributed by atoms with E-state index in [1.165, 1.54) is 0 Å². The average molecular weight is 294 g/mol. The number of carbonyl (C=O) groups is 1. The third-order valence-corrected chi connectivity index (χ3v) is 2.85. The van der Waals surface area contributed by atoms with Gasteiger partial charge >= 0.3 is 0 Å². The van der Waals surface area contributed by atoms with Crippen molar-refractivity contribution >= 4 is 5.91 Å². The fraction of sp³-hybridized carbons (Fsp3) is 0.562. The molecule has 1 unspecified atom stereocenters. The van der Waals surface area contributed by atoms with Gasteiger partial charge in [-0.2, -0.15) is 0 Å². The minimum atomic E-state index is -0.134. The highest BCUT2D eigenvalue weighted by Crippen LogP contribution is 2.28. The van der Waals surface area contributed by atoms with Crippen LogP contribution in [0.25, 0.3) is 0 Å². The highest BCUT2D eigenvalue weighted by atomic mass is 16.5. The van der Waals surface area contributed by atoms with Crippen LogP contribution in [0, 0.1) is 5.92 Å². The average Bonchev–Trinajstić information content (AvgIpc) is 2.42. The van der Waals surface area contributed by atoms with Crippen molar-refractivity contribution < 1.29 is 14.3 Å². The molecule has 0 spiro atoms. The Morgan fingerprint density at radius 1 is 1.29 bits per heavy atom. The van der Waals surface area contributed by atoms with Crippen LogP contribution in [-0.2, 0) is 11.2 Å². The van der Waals surface area contributed by atoms with E-state index in [1.807, 2.05) is 39.0 Å². The van der Waals surface area contributed by atoms with Crippen LogP contribution >= 0.6 is 0 Å². The van der Waals surface area contributed by atoms with Crippen molar-refractivity contribution in [2.75, 3.05) is 20.3 Å². The molecule has 21 heavy (non-hydrogen) atoms. The zero-order valence-electron chi connectivity index (χ0n) is 13.3. The van der Waals surface area contributed by atoms with Gasteiger partial charge in [-0.05, 0) is 37.0 Å². The van der Waals surface area contributed by atoms with E-state index in [1.54, 1.807) is 7.11 Å². The van der Waals surface area contributed by atoms with Gasteiger partial charge in [-0.25, -0.2) is 0 Å². The lowest BCUT2D eigenvalue weighted by Gasteiger charge is -2.13. The SMILES string of the molecule is COc1cc(CC(C)N)ccc1OCC(=O)NCC(C)C. The van der Waals surface area contributed by atoms with Gasteiger partial charge in [0.15, 0.2) is 18.1 Å². The maximum atomic E-state index is 11.6. The highest BCUT2D eigenvalue weighted by Gasteiger charge is 2.09. The zero-order chi connectivity index (χ0) is 15.8. The van der Waals surface area contributed by atoms with E-state index in [0.717, 1.165) is 12.0 Å². The van der Waals surface area contributed by atoms with Gasteiger partial charge in [0.05, 0.1) is 7.11 Å². The van der Waals surface area contributed by atoms with E-state index in [-0.39, 0.29) is 18.6 Å². The van der Waals surface area contributed by atoms with Gasteiger partial charge in [-0.15, -0.1) is 0 Å². The third-order valence-electron chi connectivity index (χ3n) is 2.85. The summed E-state index contributed by atoms with van der Waals surface area (Å²) in [5.74, 6) is 1.46. The maximum Gasteiger partial charge on any atom is 0.257 e. The van der Waals surface area contributed by atoms with E-state index in [9.17, 15) is 4.79 Å². The van der Waals surface area contributed by atoms with Gasteiger partial charge < -0.3 is 20.5 Å². The largest absolute Gasteiger partial charge is 0.493 e. The molecule has 1 atom stereocenters. The van der Waals surface area contributed by atoms with Crippen LogP contribution in [0.4, 0.5) is 0 Å². The number of amides is 1. The van der Waals surface area contributed by atoms with E-state index in [4.69, 9.17) is 15.2 Å². The van der Waals surface area contributed by atoms with Gasteiger partial charge in [0, 0.05) is 12.6 Å². The number of methoxy groups -OCH3 is 1. The second-order valence-electron chi connectivity index (χ2n) is 5.65. The zero-order valence-corrected chi connectivity index (χ0v) is 13.3. The fourth-order valence-electron chi connectivity index (χ4n) is 1.84. The van der Waals surface area contributed by atoms with Crippen molar-refractivity contribution in [2.24, 2.45) is 11.7 Å². The highest BCUT2D eigenvalue weighted by molar-refractivity contribution is 5.77. The smallest absolute Gasteiger partial charge is 0.257 e. The molecule has 118 valence electrons. The normalized spacial score (nSPS) is 12.1. The van der Waals surface area contributed by atoms with E-state index in [2.05, 4.69) is 5.32 Å². The summed E-state index contributed by atoms with van der Waals surface area (Å²) in [6.45, 7) is 6.67. The van der Waals surface area contributed by atoms with Crippen LogP contribution in [0.5, 0.6) is 11.5 Å². The van der Waals surface area contributed by atoms with Crippen LogP contribution in [0.2, 0.25) is 0 Å². The monoisotopic (exact) mass is 294 g/mol. The lowest BCUT2D eigenvalue weighted by Crippen LogP contribution is -2.31. The standard InChI is InChI=1S/C16H26N2O3/c1-11(2)9-18-16(19)10-21-14-6-5-13(7-12(3)17)8-15(14)20-4/h5-6,8,11-12H,7,9-10,17H2,1-4H3,(H,18,19). The lowest BCUT2D eigenvalue weighted by molar-refractivity contribution is -0.123.